The summed E-state index contributed by atoms with van der Waals surface area (Å²) in [5.41, 5.74) is 0.411. The van der Waals surface area contributed by atoms with Crippen LogP contribution in [0.1, 0.15) is 25.3 Å². The third kappa shape index (κ3) is 2.79. The number of ketones is 1. The summed E-state index contributed by atoms with van der Waals surface area (Å²) < 4.78 is 13.7. The number of hydrogen-bond donors (Lipinski definition) is 1. The van der Waals surface area contributed by atoms with Gasteiger partial charge in [-0.2, -0.15) is 5.26 Å². The molecule has 0 fully saturated rings. The molecule has 1 aliphatic rings. The van der Waals surface area contributed by atoms with Gasteiger partial charge in [0, 0.05) is 12.5 Å². The van der Waals surface area contributed by atoms with Gasteiger partial charge in [0.25, 0.3) is 0 Å². The molecule has 1 aromatic rings. The third-order valence-electron chi connectivity index (χ3n) is 3.20. The summed E-state index contributed by atoms with van der Waals surface area (Å²) in [7, 11) is 0. The fourth-order valence-electron chi connectivity index (χ4n) is 2.04. The molecule has 1 unspecified atom stereocenters. The molecular weight excluding hydrogens is 245 g/mol. The number of carbonyl (C=O) groups excluding carboxylic acids is 1. The molecule has 1 aromatic carbocycles. The van der Waals surface area contributed by atoms with Gasteiger partial charge >= 0.3 is 0 Å². The molecule has 0 saturated heterocycles. The summed E-state index contributed by atoms with van der Waals surface area (Å²) in [5.74, 6) is -0.464. The standard InChI is InChI=1S/C14H14FN3O/c1-2-10-5-6-17-14(13(10)19)18-12-4-3-9(8-16)7-11(12)15/h3-4,7,10H,2,5-6H2,1H3,(H,17,18). The number of carbonyl (C=O) groups is 1. The SMILES string of the molecule is CCC1CCN=C(Nc2ccc(C#N)cc2F)C1=O. The van der Waals surface area contributed by atoms with Crippen LogP contribution in [0.2, 0.25) is 0 Å². The Bertz CT molecular complexity index is 575. The van der Waals surface area contributed by atoms with Gasteiger partial charge in [0.15, 0.2) is 5.84 Å². The van der Waals surface area contributed by atoms with Gasteiger partial charge in [0.05, 0.1) is 17.3 Å². The number of nitrogens with one attached hydrogen (secondary N) is 1. The molecule has 19 heavy (non-hydrogen) atoms. The number of nitrogens with zero attached hydrogens (tertiary/aromatic N) is 2. The van der Waals surface area contributed by atoms with Crippen LogP contribution in [-0.4, -0.2) is 18.2 Å². The van der Waals surface area contributed by atoms with Crippen molar-refractivity contribution in [1.29, 1.82) is 5.26 Å². The minimum Gasteiger partial charge on any atom is -0.335 e. The first-order valence-electron chi connectivity index (χ1n) is 6.21. The van der Waals surface area contributed by atoms with Gasteiger partial charge in [-0.15, -0.1) is 0 Å². The predicted octanol–water partition coefficient (Wildman–Crippen LogP) is 2.51. The Morgan fingerprint density at radius 2 is 2.37 bits per heavy atom. The van der Waals surface area contributed by atoms with Gasteiger partial charge in [-0.05, 0) is 31.0 Å². The molecule has 98 valence electrons. The van der Waals surface area contributed by atoms with Crippen molar-refractivity contribution in [3.05, 3.63) is 29.6 Å². The number of halogens is 1. The fraction of sp³-hybridized carbons (Fsp3) is 0.357. The molecule has 5 heteroatoms. The molecule has 0 radical (unpaired) electrons. The van der Waals surface area contributed by atoms with E-state index in [9.17, 15) is 9.18 Å². The first kappa shape index (κ1) is 13.2. The normalized spacial score (nSPS) is 18.7. The van der Waals surface area contributed by atoms with E-state index in [2.05, 4.69) is 10.3 Å². The van der Waals surface area contributed by atoms with Crippen LogP contribution in [0.15, 0.2) is 23.2 Å². The molecule has 0 aromatic heterocycles. The Hall–Kier alpha value is -2.22. The first-order chi connectivity index (χ1) is 9.15. The summed E-state index contributed by atoms with van der Waals surface area (Å²) in [5, 5.41) is 11.4. The number of Topliss-reactive ketones (excluding diaryl/α,β-unsaturated/α-hetero) is 1. The molecule has 2 rings (SSSR count). The Morgan fingerprint density at radius 1 is 1.58 bits per heavy atom. The van der Waals surface area contributed by atoms with Crippen LogP contribution in [0.3, 0.4) is 0 Å². The topological polar surface area (TPSA) is 65.2 Å². The fourth-order valence-corrected chi connectivity index (χ4v) is 2.04. The number of hydrogen-bond acceptors (Lipinski definition) is 4. The summed E-state index contributed by atoms with van der Waals surface area (Å²) in [6, 6.07) is 5.93. The second-order valence-corrected chi connectivity index (χ2v) is 4.42. The maximum atomic E-state index is 13.7. The molecule has 0 spiro atoms. The van der Waals surface area contributed by atoms with Crippen molar-refractivity contribution in [1.82, 2.24) is 0 Å². The van der Waals surface area contributed by atoms with Crippen molar-refractivity contribution >= 4 is 17.3 Å². The van der Waals surface area contributed by atoms with Crippen LogP contribution in [0, 0.1) is 23.1 Å². The molecule has 1 aliphatic heterocycles. The van der Waals surface area contributed by atoms with E-state index in [0.717, 1.165) is 18.9 Å². The minimum atomic E-state index is -0.562. The van der Waals surface area contributed by atoms with Gasteiger partial charge in [0.2, 0.25) is 5.78 Å². The summed E-state index contributed by atoms with van der Waals surface area (Å²) in [6.07, 6.45) is 1.51. The highest BCUT2D eigenvalue weighted by atomic mass is 19.1. The van der Waals surface area contributed by atoms with Gasteiger partial charge in [-0.25, -0.2) is 4.39 Å². The lowest BCUT2D eigenvalue weighted by molar-refractivity contribution is -0.117. The van der Waals surface area contributed by atoms with Gasteiger partial charge in [-0.3, -0.25) is 9.79 Å². The van der Waals surface area contributed by atoms with Crippen molar-refractivity contribution < 1.29 is 9.18 Å². The molecular formula is C14H14FN3O. The lowest BCUT2D eigenvalue weighted by Gasteiger charge is -2.20. The maximum Gasteiger partial charge on any atom is 0.200 e. The monoisotopic (exact) mass is 259 g/mol. The van der Waals surface area contributed by atoms with Crippen LogP contribution in [0.5, 0.6) is 0 Å². The van der Waals surface area contributed by atoms with Crippen LogP contribution >= 0.6 is 0 Å². The summed E-state index contributed by atoms with van der Waals surface area (Å²) in [6.45, 7) is 2.53. The molecule has 0 saturated carbocycles. The second kappa shape index (κ2) is 5.61. The van der Waals surface area contributed by atoms with Crippen molar-refractivity contribution in [2.24, 2.45) is 10.9 Å². The minimum absolute atomic E-state index is 0.0403. The quantitative estimate of drug-likeness (QED) is 0.887. The maximum absolute atomic E-state index is 13.7. The number of anilines is 1. The number of amidine groups is 1. The largest absolute Gasteiger partial charge is 0.335 e. The summed E-state index contributed by atoms with van der Waals surface area (Å²) in [4.78, 5) is 16.1. The second-order valence-electron chi connectivity index (χ2n) is 4.42. The lowest BCUT2D eigenvalue weighted by Crippen LogP contribution is -2.34. The van der Waals surface area contributed by atoms with Crippen molar-refractivity contribution in [2.45, 2.75) is 19.8 Å². The molecule has 1 atom stereocenters. The molecule has 1 heterocycles. The number of benzene rings is 1. The van der Waals surface area contributed by atoms with E-state index < -0.39 is 5.82 Å². The molecule has 1 N–H and O–H groups in total. The van der Waals surface area contributed by atoms with Crippen LogP contribution < -0.4 is 5.32 Å². The van der Waals surface area contributed by atoms with Gasteiger partial charge < -0.3 is 5.32 Å². The highest BCUT2D eigenvalue weighted by Gasteiger charge is 2.25. The lowest BCUT2D eigenvalue weighted by atomic mass is 9.94. The van der Waals surface area contributed by atoms with Crippen molar-refractivity contribution in [3.63, 3.8) is 0 Å². The van der Waals surface area contributed by atoms with Crippen LogP contribution in [0.25, 0.3) is 0 Å². The Morgan fingerprint density at radius 3 is 3.00 bits per heavy atom. The molecule has 4 nitrogen and oxygen atoms in total. The highest BCUT2D eigenvalue weighted by Crippen LogP contribution is 2.19. The van der Waals surface area contributed by atoms with E-state index in [1.807, 2.05) is 13.0 Å². The average Bonchev–Trinajstić information content (AvgIpc) is 2.43. The summed E-state index contributed by atoms with van der Waals surface area (Å²) >= 11 is 0. The zero-order valence-corrected chi connectivity index (χ0v) is 10.6. The molecule has 0 bridgehead atoms. The van der Waals surface area contributed by atoms with E-state index in [4.69, 9.17) is 5.26 Å². The van der Waals surface area contributed by atoms with Crippen LogP contribution in [0.4, 0.5) is 10.1 Å². The first-order valence-corrected chi connectivity index (χ1v) is 6.21. The smallest absolute Gasteiger partial charge is 0.200 e. The Kier molecular flexibility index (Phi) is 3.91. The Labute approximate surface area is 111 Å². The van der Waals surface area contributed by atoms with E-state index in [1.54, 1.807) is 0 Å². The van der Waals surface area contributed by atoms with Crippen molar-refractivity contribution in [3.8, 4) is 6.07 Å². The van der Waals surface area contributed by atoms with E-state index in [1.165, 1.54) is 12.1 Å². The van der Waals surface area contributed by atoms with E-state index in [0.29, 0.717) is 6.54 Å². The van der Waals surface area contributed by atoms with E-state index in [-0.39, 0.29) is 28.8 Å². The average molecular weight is 259 g/mol. The zero-order valence-electron chi connectivity index (χ0n) is 10.6. The van der Waals surface area contributed by atoms with Crippen LogP contribution in [-0.2, 0) is 4.79 Å². The molecule has 0 amide bonds. The van der Waals surface area contributed by atoms with E-state index >= 15 is 0 Å². The molecule has 0 aliphatic carbocycles. The number of nitriles is 1. The Balaban J connectivity index is 2.20. The number of rotatable bonds is 2. The third-order valence-corrected chi connectivity index (χ3v) is 3.20. The van der Waals surface area contributed by atoms with Gasteiger partial charge in [0.1, 0.15) is 5.82 Å². The van der Waals surface area contributed by atoms with Crippen molar-refractivity contribution in [2.75, 3.05) is 11.9 Å². The van der Waals surface area contributed by atoms with Gasteiger partial charge in [-0.1, -0.05) is 6.92 Å². The zero-order chi connectivity index (χ0) is 13.8. The number of aliphatic imine (C=N–C) groups is 1. The predicted molar refractivity (Wildman–Crippen MR) is 70.4 cm³/mol. The highest BCUT2D eigenvalue weighted by molar-refractivity contribution is 6.44.